The van der Waals surface area contributed by atoms with Crippen molar-refractivity contribution >= 4 is 15.7 Å². The Kier molecular flexibility index (Phi) is 4.47. The van der Waals surface area contributed by atoms with E-state index in [1.807, 2.05) is 0 Å². The lowest BCUT2D eigenvalue weighted by atomic mass is 9.71. The van der Waals surface area contributed by atoms with Crippen molar-refractivity contribution in [3.05, 3.63) is 0 Å². The van der Waals surface area contributed by atoms with Crippen LogP contribution in [0.4, 0.5) is 0 Å². The van der Waals surface area contributed by atoms with Crippen LogP contribution in [0.15, 0.2) is 0 Å². The first-order valence-electron chi connectivity index (χ1n) is 7.65. The van der Waals surface area contributed by atoms with Crippen LogP contribution in [0.3, 0.4) is 0 Å². The predicted molar refractivity (Wildman–Crippen MR) is 80.2 cm³/mol. The number of rotatable bonds is 3. The van der Waals surface area contributed by atoms with Crippen LogP contribution in [0, 0.1) is 11.3 Å². The Morgan fingerprint density at radius 3 is 2.55 bits per heavy atom. The summed E-state index contributed by atoms with van der Waals surface area (Å²) in [5.74, 6) is 0.957. The van der Waals surface area contributed by atoms with Crippen molar-refractivity contribution in [2.45, 2.75) is 58.4 Å². The fraction of sp³-hybridized carbons (Fsp3) is 0.933. The van der Waals surface area contributed by atoms with E-state index in [1.54, 1.807) is 11.9 Å². The van der Waals surface area contributed by atoms with Crippen molar-refractivity contribution in [3.63, 3.8) is 0 Å². The van der Waals surface area contributed by atoms with Crippen LogP contribution < -0.4 is 0 Å². The van der Waals surface area contributed by atoms with Gasteiger partial charge >= 0.3 is 0 Å². The Bertz CT molecular complexity index is 470. The number of amides is 1. The van der Waals surface area contributed by atoms with Gasteiger partial charge < -0.3 is 4.90 Å². The fourth-order valence-corrected chi connectivity index (χ4v) is 5.48. The van der Waals surface area contributed by atoms with E-state index in [0.717, 1.165) is 12.8 Å². The zero-order valence-corrected chi connectivity index (χ0v) is 13.7. The van der Waals surface area contributed by atoms with Crippen molar-refractivity contribution in [2.24, 2.45) is 11.3 Å². The number of carbonyl (C=O) groups excluding carboxylic acids is 1. The highest BCUT2D eigenvalue weighted by Crippen LogP contribution is 2.40. The van der Waals surface area contributed by atoms with Gasteiger partial charge in [-0.05, 0) is 37.0 Å². The Labute approximate surface area is 122 Å². The summed E-state index contributed by atoms with van der Waals surface area (Å²) >= 11 is 0. The molecule has 0 spiro atoms. The summed E-state index contributed by atoms with van der Waals surface area (Å²) < 4.78 is 23.0. The van der Waals surface area contributed by atoms with Crippen molar-refractivity contribution in [1.82, 2.24) is 4.90 Å². The fourth-order valence-electron chi connectivity index (χ4n) is 3.70. The molecule has 1 heterocycles. The predicted octanol–water partition coefficient (Wildman–Crippen LogP) is 2.24. The summed E-state index contributed by atoms with van der Waals surface area (Å²) in [5, 5.41) is 0. The minimum absolute atomic E-state index is 0.107. The molecule has 2 fully saturated rings. The van der Waals surface area contributed by atoms with E-state index in [0.29, 0.717) is 24.2 Å². The molecule has 1 amide bonds. The molecule has 2 aliphatic rings. The Morgan fingerprint density at radius 2 is 2.00 bits per heavy atom. The molecule has 2 atom stereocenters. The maximum Gasteiger partial charge on any atom is 0.222 e. The van der Waals surface area contributed by atoms with Gasteiger partial charge in [0.2, 0.25) is 5.91 Å². The number of nitrogens with zero attached hydrogens (tertiary/aromatic N) is 1. The highest BCUT2D eigenvalue weighted by molar-refractivity contribution is 7.91. The average molecular weight is 301 g/mol. The lowest BCUT2D eigenvalue weighted by molar-refractivity contribution is -0.133. The van der Waals surface area contributed by atoms with Gasteiger partial charge in [0.25, 0.3) is 0 Å². The summed E-state index contributed by atoms with van der Waals surface area (Å²) in [4.78, 5) is 14.0. The van der Waals surface area contributed by atoms with E-state index in [1.165, 1.54) is 12.8 Å². The molecular weight excluding hydrogens is 274 g/mol. The van der Waals surface area contributed by atoms with E-state index >= 15 is 0 Å². The smallest absolute Gasteiger partial charge is 0.222 e. The van der Waals surface area contributed by atoms with E-state index in [2.05, 4.69) is 13.8 Å². The standard InChI is InChI=1S/C15H27NO3S/c1-15(2)7-4-5-12(10-15)9-14(17)16(3)13-6-8-20(18,19)11-13/h12-13H,4-11H2,1-3H3. The molecule has 0 aromatic carbocycles. The zero-order valence-electron chi connectivity index (χ0n) is 12.9. The summed E-state index contributed by atoms with van der Waals surface area (Å²) in [5.41, 5.74) is 0.346. The van der Waals surface area contributed by atoms with Gasteiger partial charge in [0.15, 0.2) is 9.84 Å². The Balaban J connectivity index is 1.88. The van der Waals surface area contributed by atoms with E-state index in [4.69, 9.17) is 0 Å². The minimum Gasteiger partial charge on any atom is -0.342 e. The Morgan fingerprint density at radius 1 is 1.30 bits per heavy atom. The monoisotopic (exact) mass is 301 g/mol. The number of hydrogen-bond donors (Lipinski definition) is 0. The van der Waals surface area contributed by atoms with Crippen molar-refractivity contribution in [1.29, 1.82) is 0 Å². The first kappa shape index (κ1) is 15.8. The second kappa shape index (κ2) is 5.66. The van der Waals surface area contributed by atoms with E-state index < -0.39 is 9.84 Å². The largest absolute Gasteiger partial charge is 0.342 e. The zero-order chi connectivity index (χ0) is 15.0. The van der Waals surface area contributed by atoms with Gasteiger partial charge in [0.1, 0.15) is 0 Å². The highest BCUT2D eigenvalue weighted by Gasteiger charge is 2.34. The normalized spacial score (nSPS) is 31.9. The molecular formula is C15H27NO3S. The molecule has 0 aromatic heterocycles. The maximum absolute atomic E-state index is 12.4. The van der Waals surface area contributed by atoms with Crippen molar-refractivity contribution in [3.8, 4) is 0 Å². The van der Waals surface area contributed by atoms with Gasteiger partial charge in [-0.25, -0.2) is 8.42 Å². The molecule has 116 valence electrons. The molecule has 2 unspecified atom stereocenters. The summed E-state index contributed by atoms with van der Waals surface area (Å²) in [6.07, 6.45) is 5.86. The molecule has 0 radical (unpaired) electrons. The van der Waals surface area contributed by atoms with Gasteiger partial charge in [-0.15, -0.1) is 0 Å². The third kappa shape index (κ3) is 3.96. The van der Waals surface area contributed by atoms with Crippen LogP contribution in [-0.2, 0) is 14.6 Å². The summed E-state index contributed by atoms with van der Waals surface area (Å²) in [6.45, 7) is 4.55. The second-order valence-electron chi connectivity index (χ2n) is 7.39. The average Bonchev–Trinajstić information content (AvgIpc) is 2.67. The lowest BCUT2D eigenvalue weighted by Gasteiger charge is -2.36. The first-order valence-corrected chi connectivity index (χ1v) is 9.47. The number of carbonyl (C=O) groups is 1. The molecule has 0 N–H and O–H groups in total. The van der Waals surface area contributed by atoms with Crippen LogP contribution in [0.25, 0.3) is 0 Å². The SMILES string of the molecule is CN(C(=O)CC1CCCC(C)(C)C1)C1CCS(=O)(=O)C1. The number of hydrogen-bond acceptors (Lipinski definition) is 3. The molecule has 0 bridgehead atoms. The topological polar surface area (TPSA) is 54.5 Å². The minimum atomic E-state index is -2.92. The summed E-state index contributed by atoms with van der Waals surface area (Å²) in [6, 6.07) is -0.107. The third-order valence-electron chi connectivity index (χ3n) is 4.92. The molecule has 1 saturated heterocycles. The molecule has 20 heavy (non-hydrogen) atoms. The Hall–Kier alpha value is -0.580. The van der Waals surface area contributed by atoms with Crippen LogP contribution in [0.2, 0.25) is 0 Å². The molecule has 1 aliphatic carbocycles. The van der Waals surface area contributed by atoms with Gasteiger partial charge in [-0.1, -0.05) is 20.3 Å². The van der Waals surface area contributed by atoms with Gasteiger partial charge in [-0.3, -0.25) is 4.79 Å². The van der Waals surface area contributed by atoms with Crippen LogP contribution >= 0.6 is 0 Å². The molecule has 1 saturated carbocycles. The third-order valence-corrected chi connectivity index (χ3v) is 6.67. The quantitative estimate of drug-likeness (QED) is 0.803. The van der Waals surface area contributed by atoms with Crippen LogP contribution in [0.5, 0.6) is 0 Å². The van der Waals surface area contributed by atoms with Crippen LogP contribution in [-0.4, -0.2) is 43.8 Å². The van der Waals surface area contributed by atoms with Crippen LogP contribution in [0.1, 0.15) is 52.4 Å². The maximum atomic E-state index is 12.4. The summed E-state index contributed by atoms with van der Waals surface area (Å²) in [7, 11) is -1.15. The molecule has 4 nitrogen and oxygen atoms in total. The molecule has 1 aliphatic heterocycles. The highest BCUT2D eigenvalue weighted by atomic mass is 32.2. The lowest BCUT2D eigenvalue weighted by Crippen LogP contribution is -2.39. The molecule has 2 rings (SSSR count). The van der Waals surface area contributed by atoms with E-state index in [9.17, 15) is 13.2 Å². The van der Waals surface area contributed by atoms with Gasteiger partial charge in [-0.2, -0.15) is 0 Å². The van der Waals surface area contributed by atoms with Gasteiger partial charge in [0, 0.05) is 19.5 Å². The van der Waals surface area contributed by atoms with Crippen molar-refractivity contribution < 1.29 is 13.2 Å². The first-order chi connectivity index (χ1) is 9.19. The molecule has 5 heteroatoms. The van der Waals surface area contributed by atoms with Gasteiger partial charge in [0.05, 0.1) is 11.5 Å². The number of sulfone groups is 1. The second-order valence-corrected chi connectivity index (χ2v) is 9.62. The van der Waals surface area contributed by atoms with E-state index in [-0.39, 0.29) is 23.5 Å². The van der Waals surface area contributed by atoms with Crippen molar-refractivity contribution in [2.75, 3.05) is 18.6 Å². The molecule has 0 aromatic rings.